The molecule has 0 aliphatic carbocycles. The fourth-order valence-corrected chi connectivity index (χ4v) is 2.16. The van der Waals surface area contributed by atoms with E-state index in [1.54, 1.807) is 10.6 Å². The quantitative estimate of drug-likeness (QED) is 0.761. The maximum Gasteiger partial charge on any atom is 0.416 e. The van der Waals surface area contributed by atoms with Crippen molar-refractivity contribution in [3.63, 3.8) is 0 Å². The monoisotopic (exact) mass is 291 g/mol. The maximum absolute atomic E-state index is 12.7. The summed E-state index contributed by atoms with van der Waals surface area (Å²) >= 11 is 0. The van der Waals surface area contributed by atoms with Crippen molar-refractivity contribution in [2.75, 3.05) is 5.32 Å². The molecule has 0 saturated heterocycles. The number of benzene rings is 2. The van der Waals surface area contributed by atoms with Crippen LogP contribution < -0.4 is 5.32 Å². The molecule has 0 aliphatic rings. The summed E-state index contributed by atoms with van der Waals surface area (Å²) in [4.78, 5) is 4.37. The lowest BCUT2D eigenvalue weighted by atomic mass is 10.2. The number of hydrogen-bond donors (Lipinski definition) is 1. The van der Waals surface area contributed by atoms with Crippen molar-refractivity contribution in [3.05, 3.63) is 54.1 Å². The fourth-order valence-electron chi connectivity index (χ4n) is 2.16. The number of nitrogens with zero attached hydrogens (tertiary/aromatic N) is 2. The molecule has 0 spiro atoms. The van der Waals surface area contributed by atoms with E-state index in [1.165, 1.54) is 6.07 Å². The molecule has 3 rings (SSSR count). The first kappa shape index (κ1) is 13.5. The molecule has 0 atom stereocenters. The zero-order valence-electron chi connectivity index (χ0n) is 11.1. The zero-order valence-corrected chi connectivity index (χ0v) is 11.1. The van der Waals surface area contributed by atoms with Gasteiger partial charge in [0.2, 0.25) is 5.95 Å². The highest BCUT2D eigenvalue weighted by atomic mass is 19.4. The van der Waals surface area contributed by atoms with Crippen molar-refractivity contribution in [1.82, 2.24) is 9.55 Å². The number of anilines is 2. The molecule has 21 heavy (non-hydrogen) atoms. The van der Waals surface area contributed by atoms with Crippen molar-refractivity contribution in [2.45, 2.75) is 6.18 Å². The number of aryl methyl sites for hydroxylation is 1. The Morgan fingerprint density at radius 2 is 1.81 bits per heavy atom. The molecule has 0 fully saturated rings. The van der Waals surface area contributed by atoms with Gasteiger partial charge in [0, 0.05) is 12.7 Å². The minimum absolute atomic E-state index is 0.350. The molecule has 0 amide bonds. The zero-order chi connectivity index (χ0) is 15.0. The van der Waals surface area contributed by atoms with Gasteiger partial charge in [0.15, 0.2) is 0 Å². The average molecular weight is 291 g/mol. The van der Waals surface area contributed by atoms with E-state index < -0.39 is 11.7 Å². The Kier molecular flexibility index (Phi) is 3.08. The van der Waals surface area contributed by atoms with Gasteiger partial charge in [0.25, 0.3) is 0 Å². The predicted octanol–water partition coefficient (Wildman–Crippen LogP) is 4.34. The molecule has 0 unspecified atom stereocenters. The molecular weight excluding hydrogens is 279 g/mol. The maximum atomic E-state index is 12.7. The minimum Gasteiger partial charge on any atom is -0.326 e. The Bertz CT molecular complexity index is 790. The second-order valence-corrected chi connectivity index (χ2v) is 4.69. The third kappa shape index (κ3) is 2.56. The first-order valence-corrected chi connectivity index (χ1v) is 6.31. The lowest BCUT2D eigenvalue weighted by Gasteiger charge is -2.10. The topological polar surface area (TPSA) is 29.9 Å². The van der Waals surface area contributed by atoms with E-state index in [-0.39, 0.29) is 0 Å². The van der Waals surface area contributed by atoms with Crippen LogP contribution in [0.3, 0.4) is 0 Å². The van der Waals surface area contributed by atoms with Gasteiger partial charge < -0.3 is 9.88 Å². The number of hydrogen-bond acceptors (Lipinski definition) is 2. The van der Waals surface area contributed by atoms with Crippen LogP contribution in [0.4, 0.5) is 24.8 Å². The van der Waals surface area contributed by atoms with E-state index in [9.17, 15) is 13.2 Å². The average Bonchev–Trinajstić information content (AvgIpc) is 2.75. The third-order valence-corrected chi connectivity index (χ3v) is 3.23. The van der Waals surface area contributed by atoms with Gasteiger partial charge in [-0.3, -0.25) is 0 Å². The highest BCUT2D eigenvalue weighted by molar-refractivity contribution is 5.79. The third-order valence-electron chi connectivity index (χ3n) is 3.23. The number of para-hydroxylation sites is 2. The van der Waals surface area contributed by atoms with Gasteiger partial charge >= 0.3 is 6.18 Å². The van der Waals surface area contributed by atoms with E-state index in [0.29, 0.717) is 11.6 Å². The number of imidazole rings is 1. The molecule has 0 aliphatic heterocycles. The van der Waals surface area contributed by atoms with Gasteiger partial charge in [-0.15, -0.1) is 0 Å². The smallest absolute Gasteiger partial charge is 0.326 e. The molecule has 0 radical (unpaired) electrons. The van der Waals surface area contributed by atoms with Crippen molar-refractivity contribution < 1.29 is 13.2 Å². The van der Waals surface area contributed by atoms with Crippen molar-refractivity contribution in [1.29, 1.82) is 0 Å². The highest BCUT2D eigenvalue weighted by Crippen LogP contribution is 2.31. The van der Waals surface area contributed by atoms with E-state index in [2.05, 4.69) is 10.3 Å². The fraction of sp³-hybridized carbons (Fsp3) is 0.133. The van der Waals surface area contributed by atoms with Crippen LogP contribution in [-0.2, 0) is 13.2 Å². The van der Waals surface area contributed by atoms with Crippen LogP contribution in [0.1, 0.15) is 5.56 Å². The van der Waals surface area contributed by atoms with Crippen LogP contribution in [0.2, 0.25) is 0 Å². The van der Waals surface area contributed by atoms with Crippen LogP contribution >= 0.6 is 0 Å². The molecule has 3 aromatic rings. The second-order valence-electron chi connectivity index (χ2n) is 4.69. The number of fused-ring (bicyclic) bond motifs is 1. The second kappa shape index (κ2) is 4.80. The van der Waals surface area contributed by atoms with Crippen LogP contribution in [0.15, 0.2) is 48.5 Å². The Balaban J connectivity index is 1.97. The number of nitrogens with one attached hydrogen (secondary N) is 1. The molecular formula is C15H12F3N3. The summed E-state index contributed by atoms with van der Waals surface area (Å²) in [5.41, 5.74) is 1.36. The summed E-state index contributed by atoms with van der Waals surface area (Å²) < 4.78 is 39.9. The summed E-state index contributed by atoms with van der Waals surface area (Å²) in [6.45, 7) is 0. The summed E-state index contributed by atoms with van der Waals surface area (Å²) in [7, 11) is 1.81. The normalized spacial score (nSPS) is 11.8. The number of rotatable bonds is 2. The molecule has 0 bridgehead atoms. The standard InChI is InChI=1S/C15H12F3N3/c1-21-13-8-3-2-7-12(13)20-14(21)19-11-6-4-5-10(9-11)15(16,17)18/h2-9H,1H3,(H,19,20). The Morgan fingerprint density at radius 3 is 2.52 bits per heavy atom. The molecule has 1 N–H and O–H groups in total. The van der Waals surface area contributed by atoms with Crippen LogP contribution in [0.25, 0.3) is 11.0 Å². The van der Waals surface area contributed by atoms with Crippen LogP contribution in [-0.4, -0.2) is 9.55 Å². The van der Waals surface area contributed by atoms with Gasteiger partial charge in [-0.1, -0.05) is 18.2 Å². The Hall–Kier alpha value is -2.50. The molecule has 3 nitrogen and oxygen atoms in total. The van der Waals surface area contributed by atoms with Crippen molar-refractivity contribution >= 4 is 22.7 Å². The first-order chi connectivity index (χ1) is 9.95. The summed E-state index contributed by atoms with van der Waals surface area (Å²) in [5.74, 6) is 0.496. The molecule has 1 heterocycles. The van der Waals surface area contributed by atoms with E-state index in [1.807, 2.05) is 31.3 Å². The van der Waals surface area contributed by atoms with Crippen LogP contribution in [0.5, 0.6) is 0 Å². The number of alkyl halides is 3. The van der Waals surface area contributed by atoms with Gasteiger partial charge in [0.05, 0.1) is 16.6 Å². The first-order valence-electron chi connectivity index (χ1n) is 6.31. The van der Waals surface area contributed by atoms with Crippen molar-refractivity contribution in [2.24, 2.45) is 7.05 Å². The largest absolute Gasteiger partial charge is 0.416 e. The number of halogens is 3. The summed E-state index contributed by atoms with van der Waals surface area (Å²) in [6.07, 6.45) is -4.36. The van der Waals surface area contributed by atoms with Crippen LogP contribution in [0, 0.1) is 0 Å². The van der Waals surface area contributed by atoms with E-state index >= 15 is 0 Å². The van der Waals surface area contributed by atoms with Gasteiger partial charge in [0.1, 0.15) is 0 Å². The number of aromatic nitrogens is 2. The van der Waals surface area contributed by atoms with E-state index in [0.717, 1.165) is 23.2 Å². The SMILES string of the molecule is Cn1c(Nc2cccc(C(F)(F)F)c2)nc2ccccc21. The molecule has 0 saturated carbocycles. The molecule has 108 valence electrons. The van der Waals surface area contributed by atoms with Crippen molar-refractivity contribution in [3.8, 4) is 0 Å². The lowest BCUT2D eigenvalue weighted by molar-refractivity contribution is -0.137. The molecule has 1 aromatic heterocycles. The van der Waals surface area contributed by atoms with E-state index in [4.69, 9.17) is 0 Å². The predicted molar refractivity (Wildman–Crippen MR) is 75.4 cm³/mol. The van der Waals surface area contributed by atoms with Gasteiger partial charge in [-0.2, -0.15) is 13.2 Å². The Labute approximate surface area is 119 Å². The Morgan fingerprint density at radius 1 is 1.05 bits per heavy atom. The highest BCUT2D eigenvalue weighted by Gasteiger charge is 2.30. The van der Waals surface area contributed by atoms with Gasteiger partial charge in [-0.25, -0.2) is 4.98 Å². The minimum atomic E-state index is -4.36. The lowest BCUT2D eigenvalue weighted by Crippen LogP contribution is -2.06. The molecule has 2 aromatic carbocycles. The summed E-state index contributed by atoms with van der Waals surface area (Å²) in [6, 6.07) is 12.6. The van der Waals surface area contributed by atoms with Gasteiger partial charge in [-0.05, 0) is 30.3 Å². The molecule has 6 heteroatoms. The summed E-state index contributed by atoms with van der Waals surface area (Å²) in [5, 5.41) is 2.93.